The van der Waals surface area contributed by atoms with E-state index in [9.17, 15) is 0 Å². The number of rotatable bonds is 6. The molecule has 1 aromatic heterocycles. The van der Waals surface area contributed by atoms with Gasteiger partial charge in [-0.3, -0.25) is 9.88 Å². The van der Waals surface area contributed by atoms with Crippen molar-refractivity contribution in [2.24, 2.45) is 0 Å². The lowest BCUT2D eigenvalue weighted by atomic mass is 10.2. The molecule has 0 aliphatic carbocycles. The van der Waals surface area contributed by atoms with E-state index >= 15 is 0 Å². The Bertz CT molecular complexity index is 312. The zero-order valence-electron chi connectivity index (χ0n) is 10.8. The SMILES string of the molecule is CCNC(C)CN(C)Cc1cccc(C)n1. The van der Waals surface area contributed by atoms with Crippen molar-refractivity contribution >= 4 is 0 Å². The van der Waals surface area contributed by atoms with Gasteiger partial charge in [0.2, 0.25) is 0 Å². The van der Waals surface area contributed by atoms with Gasteiger partial charge in [0.05, 0.1) is 5.69 Å². The van der Waals surface area contributed by atoms with Crippen LogP contribution in [0.2, 0.25) is 0 Å². The molecular weight excluding hydrogens is 198 g/mol. The Kier molecular flexibility index (Phi) is 5.43. The van der Waals surface area contributed by atoms with Gasteiger partial charge >= 0.3 is 0 Å². The molecule has 0 amide bonds. The van der Waals surface area contributed by atoms with Crippen molar-refractivity contribution in [3.8, 4) is 0 Å². The molecule has 3 nitrogen and oxygen atoms in total. The zero-order valence-corrected chi connectivity index (χ0v) is 10.8. The average molecular weight is 221 g/mol. The Morgan fingerprint density at radius 1 is 1.44 bits per heavy atom. The molecule has 0 fully saturated rings. The normalized spacial score (nSPS) is 13.1. The summed E-state index contributed by atoms with van der Waals surface area (Å²) in [5.41, 5.74) is 2.23. The molecule has 1 N–H and O–H groups in total. The number of aromatic nitrogens is 1. The Labute approximate surface area is 98.9 Å². The third kappa shape index (κ3) is 4.73. The third-order valence-electron chi connectivity index (χ3n) is 2.52. The van der Waals surface area contributed by atoms with Crippen LogP contribution in [-0.4, -0.2) is 36.1 Å². The van der Waals surface area contributed by atoms with Gasteiger partial charge in [-0.1, -0.05) is 13.0 Å². The third-order valence-corrected chi connectivity index (χ3v) is 2.52. The monoisotopic (exact) mass is 221 g/mol. The van der Waals surface area contributed by atoms with Crippen LogP contribution in [0, 0.1) is 6.92 Å². The first kappa shape index (κ1) is 13.1. The van der Waals surface area contributed by atoms with Crippen molar-refractivity contribution in [2.45, 2.75) is 33.4 Å². The van der Waals surface area contributed by atoms with E-state index in [1.807, 2.05) is 13.0 Å². The summed E-state index contributed by atoms with van der Waals surface area (Å²) in [5.74, 6) is 0. The van der Waals surface area contributed by atoms with E-state index in [1.165, 1.54) is 0 Å². The van der Waals surface area contributed by atoms with Gasteiger partial charge in [0.25, 0.3) is 0 Å². The van der Waals surface area contributed by atoms with Crippen LogP contribution in [0.3, 0.4) is 0 Å². The summed E-state index contributed by atoms with van der Waals surface area (Å²) in [6.45, 7) is 9.37. The number of aryl methyl sites for hydroxylation is 1. The number of hydrogen-bond acceptors (Lipinski definition) is 3. The van der Waals surface area contributed by atoms with Crippen molar-refractivity contribution in [1.82, 2.24) is 15.2 Å². The lowest BCUT2D eigenvalue weighted by Gasteiger charge is -2.21. The fourth-order valence-corrected chi connectivity index (χ4v) is 1.91. The van der Waals surface area contributed by atoms with Crippen LogP contribution in [-0.2, 0) is 6.54 Å². The Morgan fingerprint density at radius 2 is 2.19 bits per heavy atom. The van der Waals surface area contributed by atoms with Crippen molar-refractivity contribution < 1.29 is 0 Å². The molecule has 0 aliphatic heterocycles. The van der Waals surface area contributed by atoms with Crippen LogP contribution in [0.1, 0.15) is 25.2 Å². The quantitative estimate of drug-likeness (QED) is 0.794. The minimum atomic E-state index is 0.528. The summed E-state index contributed by atoms with van der Waals surface area (Å²) in [6.07, 6.45) is 0. The van der Waals surface area contributed by atoms with Crippen molar-refractivity contribution in [1.29, 1.82) is 0 Å². The predicted octanol–water partition coefficient (Wildman–Crippen LogP) is 1.82. The maximum Gasteiger partial charge on any atom is 0.0547 e. The van der Waals surface area contributed by atoms with Gasteiger partial charge < -0.3 is 5.32 Å². The fourth-order valence-electron chi connectivity index (χ4n) is 1.91. The molecule has 90 valence electrons. The first-order chi connectivity index (χ1) is 7.61. The van der Waals surface area contributed by atoms with E-state index in [4.69, 9.17) is 0 Å². The molecule has 0 radical (unpaired) electrons. The molecule has 1 aromatic rings. The maximum atomic E-state index is 4.50. The van der Waals surface area contributed by atoms with Gasteiger partial charge in [0.15, 0.2) is 0 Å². The largest absolute Gasteiger partial charge is 0.313 e. The summed E-state index contributed by atoms with van der Waals surface area (Å²) in [7, 11) is 2.14. The van der Waals surface area contributed by atoms with E-state index < -0.39 is 0 Å². The van der Waals surface area contributed by atoms with Crippen molar-refractivity contribution in [2.75, 3.05) is 20.1 Å². The van der Waals surface area contributed by atoms with E-state index in [0.29, 0.717) is 6.04 Å². The zero-order chi connectivity index (χ0) is 12.0. The topological polar surface area (TPSA) is 28.2 Å². The Hall–Kier alpha value is -0.930. The number of pyridine rings is 1. The average Bonchev–Trinajstić information content (AvgIpc) is 2.17. The lowest BCUT2D eigenvalue weighted by Crippen LogP contribution is -2.37. The second-order valence-electron chi connectivity index (χ2n) is 4.43. The second-order valence-corrected chi connectivity index (χ2v) is 4.43. The van der Waals surface area contributed by atoms with Crippen LogP contribution in [0.5, 0.6) is 0 Å². The molecule has 0 aliphatic rings. The van der Waals surface area contributed by atoms with Crippen molar-refractivity contribution in [3.63, 3.8) is 0 Å². The minimum Gasteiger partial charge on any atom is -0.313 e. The molecular formula is C13H23N3. The summed E-state index contributed by atoms with van der Waals surface area (Å²) in [5, 5.41) is 3.41. The lowest BCUT2D eigenvalue weighted by molar-refractivity contribution is 0.288. The van der Waals surface area contributed by atoms with Crippen LogP contribution in [0.4, 0.5) is 0 Å². The molecule has 0 saturated heterocycles. The van der Waals surface area contributed by atoms with E-state index in [1.54, 1.807) is 0 Å². The van der Waals surface area contributed by atoms with Gasteiger partial charge in [-0.15, -0.1) is 0 Å². The molecule has 1 heterocycles. The highest BCUT2D eigenvalue weighted by atomic mass is 15.1. The smallest absolute Gasteiger partial charge is 0.0547 e. The molecule has 0 aromatic carbocycles. The van der Waals surface area contributed by atoms with Gasteiger partial charge in [-0.2, -0.15) is 0 Å². The second kappa shape index (κ2) is 6.61. The molecule has 0 saturated carbocycles. The van der Waals surface area contributed by atoms with Gasteiger partial charge in [-0.05, 0) is 39.6 Å². The molecule has 16 heavy (non-hydrogen) atoms. The first-order valence-electron chi connectivity index (χ1n) is 5.96. The fraction of sp³-hybridized carbons (Fsp3) is 0.615. The molecule has 0 bridgehead atoms. The van der Waals surface area contributed by atoms with Crippen molar-refractivity contribution in [3.05, 3.63) is 29.6 Å². The Morgan fingerprint density at radius 3 is 2.81 bits per heavy atom. The van der Waals surface area contributed by atoms with E-state index in [0.717, 1.165) is 31.0 Å². The first-order valence-corrected chi connectivity index (χ1v) is 5.96. The van der Waals surface area contributed by atoms with E-state index in [2.05, 4.69) is 48.2 Å². The van der Waals surface area contributed by atoms with Crippen LogP contribution in [0.15, 0.2) is 18.2 Å². The summed E-state index contributed by atoms with van der Waals surface area (Å²) >= 11 is 0. The molecule has 3 heteroatoms. The molecule has 0 spiro atoms. The van der Waals surface area contributed by atoms with Crippen LogP contribution < -0.4 is 5.32 Å². The molecule has 1 unspecified atom stereocenters. The van der Waals surface area contributed by atoms with Crippen LogP contribution >= 0.6 is 0 Å². The number of hydrogen-bond donors (Lipinski definition) is 1. The van der Waals surface area contributed by atoms with Gasteiger partial charge in [-0.25, -0.2) is 0 Å². The highest BCUT2D eigenvalue weighted by Gasteiger charge is 2.06. The van der Waals surface area contributed by atoms with Gasteiger partial charge in [0, 0.05) is 24.8 Å². The highest BCUT2D eigenvalue weighted by Crippen LogP contribution is 2.02. The van der Waals surface area contributed by atoms with Crippen LogP contribution in [0.25, 0.3) is 0 Å². The summed E-state index contributed by atoms with van der Waals surface area (Å²) < 4.78 is 0. The van der Waals surface area contributed by atoms with Gasteiger partial charge in [0.1, 0.15) is 0 Å². The molecule has 1 rings (SSSR count). The maximum absolute atomic E-state index is 4.50. The Balaban J connectivity index is 2.42. The molecule has 1 atom stereocenters. The predicted molar refractivity (Wildman–Crippen MR) is 68.4 cm³/mol. The number of likely N-dealkylation sites (N-methyl/N-ethyl adjacent to an activating group) is 2. The summed E-state index contributed by atoms with van der Waals surface area (Å²) in [6, 6.07) is 6.71. The number of nitrogens with one attached hydrogen (secondary N) is 1. The summed E-state index contributed by atoms with van der Waals surface area (Å²) in [4.78, 5) is 6.81. The minimum absolute atomic E-state index is 0.528. The van der Waals surface area contributed by atoms with E-state index in [-0.39, 0.29) is 0 Å². The highest BCUT2D eigenvalue weighted by molar-refractivity contribution is 5.09. The number of nitrogens with zero attached hydrogens (tertiary/aromatic N) is 2. The standard InChI is InChI=1S/C13H23N3/c1-5-14-12(3)9-16(4)10-13-8-6-7-11(2)15-13/h6-8,12,14H,5,9-10H2,1-4H3.